The Hall–Kier alpha value is 0.700. The molecule has 0 bridgehead atoms. The minimum Gasteiger partial charge on any atom is -0.144 e. The van der Waals surface area contributed by atoms with E-state index >= 15 is 0 Å². The molecule has 0 saturated carbocycles. The maximum absolute atomic E-state index is 2.30. The number of hydrogen-bond acceptors (Lipinski definition) is 2. The van der Waals surface area contributed by atoms with Crippen molar-refractivity contribution in [2.24, 2.45) is 0 Å². The molecule has 0 aliphatic carbocycles. The van der Waals surface area contributed by atoms with Crippen molar-refractivity contribution in [2.75, 3.05) is 5.75 Å². The third-order valence-electron chi connectivity index (χ3n) is 1.15. The lowest BCUT2D eigenvalue weighted by Gasteiger charge is -2.13. The highest BCUT2D eigenvalue weighted by molar-refractivity contribution is 8.21. The van der Waals surface area contributed by atoms with Gasteiger partial charge >= 0.3 is 0 Å². The first-order chi connectivity index (χ1) is 3.60. The zero-order valence-electron chi connectivity index (χ0n) is 5.60. The Morgan fingerprint density at radius 2 is 2.12 bits per heavy atom. The molecule has 1 fully saturated rings. The first-order valence-corrected chi connectivity index (χ1v) is 4.78. The van der Waals surface area contributed by atoms with Gasteiger partial charge in [0.2, 0.25) is 0 Å². The summed E-state index contributed by atoms with van der Waals surface area (Å²) in [4.78, 5) is 0. The van der Waals surface area contributed by atoms with Crippen molar-refractivity contribution in [3.8, 4) is 0 Å². The van der Waals surface area contributed by atoms with E-state index in [1.54, 1.807) is 0 Å². The Kier molecular flexibility index (Phi) is 1.83. The molecule has 1 unspecified atom stereocenters. The topological polar surface area (TPSA) is 0 Å². The molecular weight excluding hydrogens is 136 g/mol. The van der Waals surface area contributed by atoms with Crippen LogP contribution in [0.3, 0.4) is 0 Å². The van der Waals surface area contributed by atoms with E-state index in [0.29, 0.717) is 4.08 Å². The molecule has 1 aliphatic heterocycles. The Labute approximate surface area is 59.8 Å². The second-order valence-corrected chi connectivity index (χ2v) is 6.60. The fraction of sp³-hybridized carbons (Fsp3) is 1.00. The molecule has 48 valence electrons. The van der Waals surface area contributed by atoms with Gasteiger partial charge in [0.05, 0.1) is 4.08 Å². The molecular formula is C6H12S2. The van der Waals surface area contributed by atoms with E-state index in [9.17, 15) is 0 Å². The van der Waals surface area contributed by atoms with E-state index < -0.39 is 0 Å². The SMILES string of the molecule is CC1CSC(C)(C)S1. The van der Waals surface area contributed by atoms with Gasteiger partial charge < -0.3 is 0 Å². The summed E-state index contributed by atoms with van der Waals surface area (Å²) in [5, 5.41) is 0.870. The van der Waals surface area contributed by atoms with Crippen molar-refractivity contribution in [1.29, 1.82) is 0 Å². The van der Waals surface area contributed by atoms with Gasteiger partial charge in [-0.25, -0.2) is 0 Å². The van der Waals surface area contributed by atoms with Gasteiger partial charge in [0.1, 0.15) is 0 Å². The Balaban J connectivity index is 2.44. The van der Waals surface area contributed by atoms with Crippen LogP contribution >= 0.6 is 23.5 Å². The lowest BCUT2D eigenvalue weighted by atomic mass is 10.5. The molecule has 0 amide bonds. The zero-order valence-corrected chi connectivity index (χ0v) is 7.23. The predicted octanol–water partition coefficient (Wildman–Crippen LogP) is 2.59. The van der Waals surface area contributed by atoms with Gasteiger partial charge in [0.25, 0.3) is 0 Å². The summed E-state index contributed by atoms with van der Waals surface area (Å²) in [5.41, 5.74) is 0. The average molecular weight is 148 g/mol. The molecule has 1 heterocycles. The van der Waals surface area contributed by atoms with Gasteiger partial charge in [-0.2, -0.15) is 0 Å². The normalized spacial score (nSPS) is 35.6. The molecule has 0 spiro atoms. The molecule has 1 atom stereocenters. The van der Waals surface area contributed by atoms with E-state index in [4.69, 9.17) is 0 Å². The van der Waals surface area contributed by atoms with Gasteiger partial charge in [-0.1, -0.05) is 6.92 Å². The maximum atomic E-state index is 2.30. The fourth-order valence-electron chi connectivity index (χ4n) is 0.871. The van der Waals surface area contributed by atoms with Gasteiger partial charge in [0, 0.05) is 11.0 Å². The van der Waals surface area contributed by atoms with Crippen LogP contribution in [-0.2, 0) is 0 Å². The molecule has 1 rings (SSSR count). The quantitative estimate of drug-likeness (QED) is 0.518. The third-order valence-corrected chi connectivity index (χ3v) is 4.50. The summed E-state index contributed by atoms with van der Waals surface area (Å²) >= 11 is 4.16. The number of rotatable bonds is 0. The van der Waals surface area contributed by atoms with E-state index in [1.807, 2.05) is 0 Å². The Morgan fingerprint density at radius 1 is 1.50 bits per heavy atom. The lowest BCUT2D eigenvalue weighted by Crippen LogP contribution is -2.02. The van der Waals surface area contributed by atoms with Gasteiger partial charge in [-0.15, -0.1) is 23.5 Å². The van der Waals surface area contributed by atoms with E-state index in [-0.39, 0.29) is 0 Å². The fourth-order valence-corrected chi connectivity index (χ4v) is 3.92. The monoisotopic (exact) mass is 148 g/mol. The molecule has 0 N–H and O–H groups in total. The van der Waals surface area contributed by atoms with Crippen molar-refractivity contribution in [3.63, 3.8) is 0 Å². The lowest BCUT2D eigenvalue weighted by molar-refractivity contribution is 1.04. The number of thioether (sulfide) groups is 2. The first kappa shape index (κ1) is 6.81. The zero-order chi connectivity index (χ0) is 6.20. The Morgan fingerprint density at radius 3 is 2.25 bits per heavy atom. The second kappa shape index (κ2) is 2.14. The van der Waals surface area contributed by atoms with Crippen molar-refractivity contribution in [2.45, 2.75) is 30.1 Å². The molecule has 1 saturated heterocycles. The van der Waals surface area contributed by atoms with Crippen LogP contribution in [0.15, 0.2) is 0 Å². The van der Waals surface area contributed by atoms with Crippen LogP contribution in [0.4, 0.5) is 0 Å². The molecule has 2 heteroatoms. The van der Waals surface area contributed by atoms with Gasteiger partial charge in [-0.05, 0) is 13.8 Å². The van der Waals surface area contributed by atoms with E-state index in [1.165, 1.54) is 5.75 Å². The summed E-state index contributed by atoms with van der Waals surface area (Å²) in [5.74, 6) is 1.33. The van der Waals surface area contributed by atoms with Crippen LogP contribution in [0.5, 0.6) is 0 Å². The standard InChI is InChI=1S/C6H12S2/c1-5-4-7-6(2,3)8-5/h5H,4H2,1-3H3. The maximum Gasteiger partial charge on any atom is 0.0558 e. The van der Waals surface area contributed by atoms with Crippen LogP contribution in [0, 0.1) is 0 Å². The second-order valence-electron chi connectivity index (χ2n) is 2.64. The highest BCUT2D eigenvalue weighted by Crippen LogP contribution is 2.46. The van der Waals surface area contributed by atoms with Crippen LogP contribution in [0.2, 0.25) is 0 Å². The van der Waals surface area contributed by atoms with E-state index in [0.717, 1.165) is 5.25 Å². The molecule has 0 aromatic rings. The summed E-state index contributed by atoms with van der Waals surface area (Å²) in [7, 11) is 0. The van der Waals surface area contributed by atoms with Crippen molar-refractivity contribution < 1.29 is 0 Å². The summed E-state index contributed by atoms with van der Waals surface area (Å²) in [6, 6.07) is 0. The van der Waals surface area contributed by atoms with Gasteiger partial charge in [0.15, 0.2) is 0 Å². The summed E-state index contributed by atoms with van der Waals surface area (Å²) in [6.45, 7) is 6.89. The van der Waals surface area contributed by atoms with Crippen LogP contribution in [0.25, 0.3) is 0 Å². The molecule has 0 radical (unpaired) electrons. The first-order valence-electron chi connectivity index (χ1n) is 2.92. The minimum absolute atomic E-state index is 0.499. The number of hydrogen-bond donors (Lipinski definition) is 0. The highest BCUT2D eigenvalue weighted by atomic mass is 32.2. The predicted molar refractivity (Wildman–Crippen MR) is 43.6 cm³/mol. The van der Waals surface area contributed by atoms with Crippen molar-refractivity contribution in [1.82, 2.24) is 0 Å². The van der Waals surface area contributed by atoms with Crippen molar-refractivity contribution in [3.05, 3.63) is 0 Å². The molecule has 1 aliphatic rings. The molecule has 0 nitrogen and oxygen atoms in total. The summed E-state index contributed by atoms with van der Waals surface area (Å²) < 4.78 is 0.499. The molecule has 0 aromatic carbocycles. The van der Waals surface area contributed by atoms with E-state index in [2.05, 4.69) is 44.3 Å². The Bertz CT molecular complexity index is 88.5. The third kappa shape index (κ3) is 1.59. The molecule has 8 heavy (non-hydrogen) atoms. The van der Waals surface area contributed by atoms with Gasteiger partial charge in [-0.3, -0.25) is 0 Å². The van der Waals surface area contributed by atoms with Crippen LogP contribution in [0.1, 0.15) is 20.8 Å². The van der Waals surface area contributed by atoms with Crippen LogP contribution in [-0.4, -0.2) is 15.1 Å². The largest absolute Gasteiger partial charge is 0.144 e. The smallest absolute Gasteiger partial charge is 0.0558 e. The molecule has 0 aromatic heterocycles. The minimum atomic E-state index is 0.499. The highest BCUT2D eigenvalue weighted by Gasteiger charge is 2.29. The van der Waals surface area contributed by atoms with Crippen molar-refractivity contribution >= 4 is 23.5 Å². The summed E-state index contributed by atoms with van der Waals surface area (Å²) in [6.07, 6.45) is 0. The average Bonchev–Trinajstić information content (AvgIpc) is 1.82. The van der Waals surface area contributed by atoms with Crippen LogP contribution < -0.4 is 0 Å².